The van der Waals surface area contributed by atoms with Crippen LogP contribution in [0.5, 0.6) is 5.88 Å². The maximum atomic E-state index is 13.6. The van der Waals surface area contributed by atoms with Crippen LogP contribution in [0.1, 0.15) is 54.3 Å². The van der Waals surface area contributed by atoms with E-state index in [0.29, 0.717) is 34.2 Å². The smallest absolute Gasteiger partial charge is 0.416 e. The Bertz CT molecular complexity index is 1440. The van der Waals surface area contributed by atoms with Crippen molar-refractivity contribution >= 4 is 12.0 Å². The van der Waals surface area contributed by atoms with Crippen molar-refractivity contribution in [3.63, 3.8) is 0 Å². The maximum absolute atomic E-state index is 13.6. The van der Waals surface area contributed by atoms with Gasteiger partial charge in [-0.3, -0.25) is 4.90 Å². The summed E-state index contributed by atoms with van der Waals surface area (Å²) in [6.45, 7) is 5.65. The zero-order valence-corrected chi connectivity index (χ0v) is 23.2. The maximum Gasteiger partial charge on any atom is 0.416 e. The monoisotopic (exact) mass is 573 g/mol. The van der Waals surface area contributed by atoms with Crippen molar-refractivity contribution in [2.45, 2.75) is 64.7 Å². The molecule has 41 heavy (non-hydrogen) atoms. The number of carbonyl (C=O) groups excluding carboxylic acids is 1. The number of hydrogen-bond donors (Lipinski definition) is 0. The summed E-state index contributed by atoms with van der Waals surface area (Å²) in [4.78, 5) is 29.9. The van der Waals surface area contributed by atoms with E-state index in [0.717, 1.165) is 30.5 Å². The molecule has 2 aliphatic heterocycles. The molecular formula is C29H31F4N5O3. The number of benzene rings is 1. The third-order valence-electron chi connectivity index (χ3n) is 7.37. The zero-order valence-electron chi connectivity index (χ0n) is 23.2. The summed E-state index contributed by atoms with van der Waals surface area (Å²) in [5.74, 6) is 0.671. The Morgan fingerprint density at radius 3 is 2.51 bits per heavy atom. The minimum atomic E-state index is -4.53. The molecule has 2 saturated heterocycles. The minimum Gasteiger partial charge on any atom is -0.481 e. The van der Waals surface area contributed by atoms with E-state index in [1.165, 1.54) is 12.0 Å². The Kier molecular flexibility index (Phi) is 7.76. The molecule has 8 nitrogen and oxygen atoms in total. The summed E-state index contributed by atoms with van der Waals surface area (Å²) >= 11 is 0. The van der Waals surface area contributed by atoms with Crippen LogP contribution in [0.3, 0.4) is 0 Å². The van der Waals surface area contributed by atoms with Gasteiger partial charge in [0.05, 0.1) is 44.0 Å². The molecular weight excluding hydrogens is 542 g/mol. The van der Waals surface area contributed by atoms with Crippen molar-refractivity contribution in [3.8, 4) is 17.0 Å². The van der Waals surface area contributed by atoms with Crippen LogP contribution in [0.4, 0.5) is 28.3 Å². The number of hydrogen-bond acceptors (Lipinski definition) is 7. The predicted molar refractivity (Wildman–Crippen MR) is 143 cm³/mol. The number of alkyl halides is 4. The highest BCUT2D eigenvalue weighted by atomic mass is 19.4. The molecule has 2 aliphatic rings. The molecule has 0 unspecified atom stereocenters. The summed E-state index contributed by atoms with van der Waals surface area (Å²) in [5.41, 5.74) is 2.52. The number of ether oxygens (including phenoxy) is 2. The highest BCUT2D eigenvalue weighted by Gasteiger charge is 2.42. The molecule has 0 aliphatic carbocycles. The van der Waals surface area contributed by atoms with Gasteiger partial charge in [-0.2, -0.15) is 13.2 Å². The number of halogens is 4. The van der Waals surface area contributed by atoms with Crippen LogP contribution in [-0.4, -0.2) is 58.4 Å². The Hall–Kier alpha value is -3.96. The second-order valence-electron chi connectivity index (χ2n) is 10.5. The molecule has 2 atom stereocenters. The van der Waals surface area contributed by atoms with Crippen LogP contribution in [0, 0.1) is 6.92 Å². The van der Waals surface area contributed by atoms with Crippen molar-refractivity contribution in [2.75, 3.05) is 25.1 Å². The molecule has 3 aromatic rings. The van der Waals surface area contributed by atoms with E-state index in [9.17, 15) is 22.4 Å². The molecule has 0 radical (unpaired) electrons. The van der Waals surface area contributed by atoms with Gasteiger partial charge in [-0.05, 0) is 49.6 Å². The first-order valence-corrected chi connectivity index (χ1v) is 13.4. The molecule has 2 fully saturated rings. The Morgan fingerprint density at radius 2 is 1.85 bits per heavy atom. The van der Waals surface area contributed by atoms with Gasteiger partial charge in [-0.1, -0.05) is 25.0 Å². The van der Waals surface area contributed by atoms with Crippen LogP contribution in [0.2, 0.25) is 0 Å². The van der Waals surface area contributed by atoms with Gasteiger partial charge < -0.3 is 14.4 Å². The fourth-order valence-electron chi connectivity index (χ4n) is 5.23. The standard InChI is InChI=1S/C29H31F4N5O3/c1-5-6-18-9-22(26(40-4)34-11-18)23-12-35-27(37-13-21(30)14-37)36-24(23)15-38-17(3)25(41-28(38)39)19-7-16(2)8-20(10-19)29(31,32)33/h7-12,17,21,25H,5-6,13-15H2,1-4H3/t17-,25-/m0/s1. The van der Waals surface area contributed by atoms with Crippen molar-refractivity contribution < 1.29 is 31.8 Å². The third-order valence-corrected chi connectivity index (χ3v) is 7.37. The topological polar surface area (TPSA) is 80.7 Å². The molecule has 0 bridgehead atoms. The lowest BCUT2D eigenvalue weighted by molar-refractivity contribution is -0.137. The number of anilines is 1. The van der Waals surface area contributed by atoms with Crippen molar-refractivity contribution in [3.05, 3.63) is 64.6 Å². The minimum absolute atomic E-state index is 0.0205. The summed E-state index contributed by atoms with van der Waals surface area (Å²) in [6, 6.07) is 5.00. The van der Waals surface area contributed by atoms with Gasteiger partial charge in [0.15, 0.2) is 0 Å². The highest BCUT2D eigenvalue weighted by Crippen LogP contribution is 2.39. The molecule has 5 rings (SSSR count). The predicted octanol–water partition coefficient (Wildman–Crippen LogP) is 6.07. The molecule has 0 spiro atoms. The second kappa shape index (κ2) is 11.1. The normalized spacial score (nSPS) is 19.4. The Morgan fingerprint density at radius 1 is 1.10 bits per heavy atom. The van der Waals surface area contributed by atoms with E-state index < -0.39 is 36.2 Å². The third kappa shape index (κ3) is 5.77. The zero-order chi connectivity index (χ0) is 29.5. The number of pyridine rings is 1. The average molecular weight is 574 g/mol. The summed E-state index contributed by atoms with van der Waals surface area (Å²) < 4.78 is 65.3. The van der Waals surface area contributed by atoms with Gasteiger partial charge in [0, 0.05) is 23.5 Å². The van der Waals surface area contributed by atoms with Crippen LogP contribution < -0.4 is 9.64 Å². The van der Waals surface area contributed by atoms with Gasteiger partial charge >= 0.3 is 12.3 Å². The molecule has 12 heteroatoms. The summed E-state index contributed by atoms with van der Waals surface area (Å²) in [6.07, 6.45) is -2.06. The van der Waals surface area contributed by atoms with Crippen LogP contribution >= 0.6 is 0 Å². The Balaban J connectivity index is 1.52. The van der Waals surface area contributed by atoms with Gasteiger partial charge in [0.25, 0.3) is 0 Å². The molecule has 0 saturated carbocycles. The fraction of sp³-hybridized carbons (Fsp3) is 0.448. The van der Waals surface area contributed by atoms with E-state index in [2.05, 4.69) is 16.9 Å². The number of aryl methyl sites for hydroxylation is 2. The molecule has 2 aromatic heterocycles. The quantitative estimate of drug-likeness (QED) is 0.303. The van der Waals surface area contributed by atoms with Gasteiger partial charge in [-0.25, -0.2) is 24.1 Å². The number of aromatic nitrogens is 3. The van der Waals surface area contributed by atoms with E-state index >= 15 is 0 Å². The number of cyclic esters (lactones) is 1. The van der Waals surface area contributed by atoms with Gasteiger partial charge in [0.1, 0.15) is 12.3 Å². The molecule has 4 heterocycles. The summed E-state index contributed by atoms with van der Waals surface area (Å²) in [5, 5.41) is 0. The molecule has 1 aromatic carbocycles. The summed E-state index contributed by atoms with van der Waals surface area (Å²) in [7, 11) is 1.50. The van der Waals surface area contributed by atoms with Crippen molar-refractivity contribution in [1.82, 2.24) is 19.9 Å². The lowest BCUT2D eigenvalue weighted by atomic mass is 9.98. The van der Waals surface area contributed by atoms with Crippen molar-refractivity contribution in [1.29, 1.82) is 0 Å². The van der Waals surface area contributed by atoms with Crippen LogP contribution in [0.15, 0.2) is 36.7 Å². The highest BCUT2D eigenvalue weighted by molar-refractivity contribution is 5.74. The SMILES string of the molecule is CCCc1cnc(OC)c(-c2cnc(N3CC(F)C3)nc2CN2C(=O)O[C@H](c3cc(C)cc(C(F)(F)F)c3)[C@@H]2C)c1. The molecule has 1 amide bonds. The molecule has 0 N–H and O–H groups in total. The largest absolute Gasteiger partial charge is 0.481 e. The van der Waals surface area contributed by atoms with Crippen LogP contribution in [0.25, 0.3) is 11.1 Å². The van der Waals surface area contributed by atoms with E-state index in [-0.39, 0.29) is 25.2 Å². The Labute approximate surface area is 235 Å². The second-order valence-corrected chi connectivity index (χ2v) is 10.5. The van der Waals surface area contributed by atoms with E-state index in [1.54, 1.807) is 37.2 Å². The molecule has 218 valence electrons. The average Bonchev–Trinajstić information content (AvgIpc) is 3.19. The van der Waals surface area contributed by atoms with Crippen LogP contribution in [-0.2, 0) is 23.9 Å². The number of rotatable bonds is 8. The first-order chi connectivity index (χ1) is 19.5. The number of methoxy groups -OCH3 is 1. The first-order valence-electron chi connectivity index (χ1n) is 13.4. The van der Waals surface area contributed by atoms with E-state index in [1.807, 2.05) is 6.07 Å². The number of carbonyl (C=O) groups is 1. The van der Waals surface area contributed by atoms with Gasteiger partial charge in [-0.15, -0.1) is 0 Å². The van der Waals surface area contributed by atoms with Crippen molar-refractivity contribution in [2.24, 2.45) is 0 Å². The fourth-order valence-corrected chi connectivity index (χ4v) is 5.23. The van der Waals surface area contributed by atoms with Gasteiger partial charge in [0.2, 0.25) is 11.8 Å². The van der Waals surface area contributed by atoms with E-state index in [4.69, 9.17) is 14.5 Å². The lowest BCUT2D eigenvalue weighted by Crippen LogP contribution is -2.49. The number of nitrogens with zero attached hydrogens (tertiary/aromatic N) is 5. The first kappa shape index (κ1) is 28.6. The lowest BCUT2D eigenvalue weighted by Gasteiger charge is -2.34. The number of amides is 1.